The molecule has 4 aliphatic carbocycles. The molecule has 0 bridgehead atoms. The Hall–Kier alpha value is -1.25. The summed E-state index contributed by atoms with van der Waals surface area (Å²) in [6.07, 6.45) is 8.37. The third kappa shape index (κ3) is 4.10. The molecule has 0 aliphatic heterocycles. The van der Waals surface area contributed by atoms with Crippen LogP contribution in [-0.2, 0) is 33.3 Å². The van der Waals surface area contributed by atoms with Gasteiger partial charge in [-0.1, -0.05) is 25.5 Å². The molecule has 0 heterocycles. The predicted octanol–water partition coefficient (Wildman–Crippen LogP) is 4.38. The number of ketones is 2. The number of rotatable bonds is 9. The molecule has 3 saturated carbocycles. The van der Waals surface area contributed by atoms with Crippen LogP contribution in [0, 0.1) is 22.7 Å². The maximum absolute atomic E-state index is 13.7. The Balaban J connectivity index is 1.69. The third-order valence-corrected chi connectivity index (χ3v) is 10.9. The Labute approximate surface area is 222 Å². The molecule has 4 rings (SSSR count). The highest BCUT2D eigenvalue weighted by Crippen LogP contribution is 2.72. The molecular weight excluding hydrogens is 507 g/mol. The van der Waals surface area contributed by atoms with Crippen molar-refractivity contribution in [3.05, 3.63) is 23.8 Å². The van der Waals surface area contributed by atoms with Crippen molar-refractivity contribution in [2.45, 2.75) is 68.7 Å². The zero-order valence-electron chi connectivity index (χ0n) is 21.4. The van der Waals surface area contributed by atoms with E-state index in [9.17, 15) is 14.4 Å². The zero-order valence-corrected chi connectivity index (χ0v) is 23.0. The highest BCUT2D eigenvalue weighted by molar-refractivity contribution is 6.34. The number of allylic oxidation sites excluding steroid dienone is 4. The second kappa shape index (κ2) is 10.1. The highest BCUT2D eigenvalue weighted by Gasteiger charge is 2.73. The van der Waals surface area contributed by atoms with E-state index in [4.69, 9.17) is 42.1 Å². The van der Waals surface area contributed by atoms with Crippen LogP contribution in [0.1, 0.15) is 52.9 Å². The molecule has 7 nitrogen and oxygen atoms in total. The monoisotopic (exact) mass is 542 g/mol. The first kappa shape index (κ1) is 27.8. The number of fused-ring (bicyclic) bond motifs is 5. The van der Waals surface area contributed by atoms with Crippen LogP contribution >= 0.6 is 23.2 Å². The van der Waals surface area contributed by atoms with E-state index in [1.807, 2.05) is 6.08 Å². The molecular formula is C27H36Cl2O7. The van der Waals surface area contributed by atoms with Crippen molar-refractivity contribution in [2.24, 2.45) is 22.7 Å². The number of carbonyl (C=O) groups excluding carboxylic acids is 3. The van der Waals surface area contributed by atoms with E-state index < -0.39 is 32.7 Å². The number of hydrogen-bond acceptors (Lipinski definition) is 7. The summed E-state index contributed by atoms with van der Waals surface area (Å²) in [5, 5.41) is -0.492. The lowest BCUT2D eigenvalue weighted by Gasteiger charge is -2.64. The van der Waals surface area contributed by atoms with Crippen LogP contribution in [0.3, 0.4) is 0 Å². The van der Waals surface area contributed by atoms with Gasteiger partial charge in [-0.2, -0.15) is 0 Å². The number of ether oxygens (including phenoxy) is 4. The second-order valence-corrected chi connectivity index (χ2v) is 12.1. The van der Waals surface area contributed by atoms with Crippen LogP contribution in [0.2, 0.25) is 0 Å². The summed E-state index contributed by atoms with van der Waals surface area (Å²) in [4.78, 5) is 36.5. The van der Waals surface area contributed by atoms with Crippen LogP contribution in [-0.4, -0.2) is 67.1 Å². The smallest absolute Gasteiger partial charge is 0.303 e. The summed E-state index contributed by atoms with van der Waals surface area (Å²) < 4.78 is 22.1. The summed E-state index contributed by atoms with van der Waals surface area (Å²) in [6.45, 7) is 5.70. The number of esters is 1. The lowest BCUT2D eigenvalue weighted by atomic mass is 9.46. The first-order valence-corrected chi connectivity index (χ1v) is 13.4. The molecule has 7 atom stereocenters. The van der Waals surface area contributed by atoms with Gasteiger partial charge in [0.2, 0.25) is 5.78 Å². The largest absolute Gasteiger partial charge is 0.458 e. The molecule has 0 spiro atoms. The number of alkyl halides is 2. The number of carbonyl (C=O) groups is 3. The van der Waals surface area contributed by atoms with Crippen LogP contribution in [0.4, 0.5) is 0 Å². The van der Waals surface area contributed by atoms with Gasteiger partial charge in [-0.05, 0) is 56.1 Å². The first-order chi connectivity index (χ1) is 17.0. The molecule has 36 heavy (non-hydrogen) atoms. The van der Waals surface area contributed by atoms with Gasteiger partial charge in [0.25, 0.3) is 0 Å². The summed E-state index contributed by atoms with van der Waals surface area (Å²) in [7, 11) is 1.58. The van der Waals surface area contributed by atoms with Gasteiger partial charge in [-0.15, -0.1) is 23.2 Å². The Morgan fingerprint density at radius 1 is 1.17 bits per heavy atom. The number of halogens is 2. The third-order valence-electron chi connectivity index (χ3n) is 9.40. The second-order valence-electron chi connectivity index (χ2n) is 10.9. The van der Waals surface area contributed by atoms with E-state index in [2.05, 4.69) is 13.8 Å². The van der Waals surface area contributed by atoms with Crippen molar-refractivity contribution >= 4 is 40.7 Å². The molecule has 0 radical (unpaired) electrons. The molecule has 3 fully saturated rings. The maximum atomic E-state index is 13.7. The normalized spacial score (nSPS) is 41.2. The first-order valence-electron chi connectivity index (χ1n) is 12.6. The number of hydrogen-bond donors (Lipinski definition) is 0. The van der Waals surface area contributed by atoms with E-state index in [0.29, 0.717) is 26.1 Å². The summed E-state index contributed by atoms with van der Waals surface area (Å²) in [5.41, 5.74) is -1.40. The molecule has 0 saturated heterocycles. The highest BCUT2D eigenvalue weighted by atomic mass is 35.5. The van der Waals surface area contributed by atoms with Crippen molar-refractivity contribution in [1.82, 2.24) is 0 Å². The molecule has 9 heteroatoms. The van der Waals surface area contributed by atoms with E-state index in [-0.39, 0.29) is 36.8 Å². The molecule has 200 valence electrons. The topological polar surface area (TPSA) is 88.1 Å². The number of Topliss-reactive ketones (excluding diaryl/α,β-unsaturated/α-hetero) is 1. The van der Waals surface area contributed by atoms with E-state index in [1.165, 1.54) is 6.92 Å². The van der Waals surface area contributed by atoms with Gasteiger partial charge in [0.05, 0.1) is 23.5 Å². The lowest BCUT2D eigenvalue weighted by molar-refractivity contribution is -0.207. The van der Waals surface area contributed by atoms with Crippen molar-refractivity contribution in [2.75, 3.05) is 33.7 Å². The van der Waals surface area contributed by atoms with Crippen molar-refractivity contribution < 1.29 is 33.3 Å². The fourth-order valence-electron chi connectivity index (χ4n) is 7.54. The number of methoxy groups -OCH3 is 1. The maximum Gasteiger partial charge on any atom is 0.303 e. The quantitative estimate of drug-likeness (QED) is 0.185. The van der Waals surface area contributed by atoms with Crippen molar-refractivity contribution in [1.29, 1.82) is 0 Å². The van der Waals surface area contributed by atoms with Crippen LogP contribution in [0.25, 0.3) is 0 Å². The fourth-order valence-corrected chi connectivity index (χ4v) is 8.77. The van der Waals surface area contributed by atoms with Crippen LogP contribution < -0.4 is 0 Å². The van der Waals surface area contributed by atoms with E-state index >= 15 is 0 Å². The minimum absolute atomic E-state index is 0.00169. The Kier molecular flexibility index (Phi) is 7.82. The average molecular weight is 543 g/mol. The fraction of sp³-hybridized carbons (Fsp3) is 0.741. The molecule has 0 aromatic rings. The van der Waals surface area contributed by atoms with Crippen molar-refractivity contribution in [3.8, 4) is 0 Å². The van der Waals surface area contributed by atoms with Gasteiger partial charge >= 0.3 is 5.97 Å². The standard InChI is InChI=1S/C27H36Cl2O7/c1-17(30)35-15-23(32)26(36-16-34-12-11-33-4)10-8-20-21-6-5-18-13-19(31)7-9-24(18,2)27(21,29)22(28)14-25(20,26)3/h7,9,13,20-22H,5-6,8,10-12,14-16H2,1-4H3/t20-,21-,22-,24-,25-,26-,27-/m0/s1. The van der Waals surface area contributed by atoms with Crippen molar-refractivity contribution in [3.63, 3.8) is 0 Å². The minimum atomic E-state index is -1.22. The van der Waals surface area contributed by atoms with Gasteiger partial charge in [0, 0.05) is 24.9 Å². The van der Waals surface area contributed by atoms with Crippen LogP contribution in [0.5, 0.6) is 0 Å². The van der Waals surface area contributed by atoms with Gasteiger partial charge in [0.15, 0.2) is 12.4 Å². The summed E-state index contributed by atoms with van der Waals surface area (Å²) >= 11 is 14.8. The van der Waals surface area contributed by atoms with Crippen LogP contribution in [0.15, 0.2) is 23.8 Å². The Morgan fingerprint density at radius 3 is 2.61 bits per heavy atom. The van der Waals surface area contributed by atoms with Gasteiger partial charge in [-0.3, -0.25) is 14.4 Å². The van der Waals surface area contributed by atoms with E-state index in [0.717, 1.165) is 24.8 Å². The Bertz CT molecular complexity index is 979. The molecule has 0 aromatic heterocycles. The van der Waals surface area contributed by atoms with Gasteiger partial charge in [-0.25, -0.2) is 0 Å². The average Bonchev–Trinajstić information content (AvgIpc) is 3.11. The molecule has 4 aliphatic rings. The lowest BCUT2D eigenvalue weighted by Crippen LogP contribution is -2.68. The van der Waals surface area contributed by atoms with E-state index in [1.54, 1.807) is 19.3 Å². The Morgan fingerprint density at radius 2 is 1.92 bits per heavy atom. The minimum Gasteiger partial charge on any atom is -0.458 e. The molecule has 0 amide bonds. The molecule has 0 aromatic carbocycles. The summed E-state index contributed by atoms with van der Waals surface area (Å²) in [5.74, 6) is -0.775. The molecule has 0 unspecified atom stereocenters. The zero-order chi connectivity index (χ0) is 26.4. The predicted molar refractivity (Wildman–Crippen MR) is 135 cm³/mol. The summed E-state index contributed by atoms with van der Waals surface area (Å²) in [6, 6.07) is 0. The SMILES string of the molecule is COCCOCO[C@]1(C(=O)COC(C)=O)CC[C@H]2[C@@H]3CCC4=CC(=O)C=C[C@]4(C)[C@@]3(Cl)[C@@H](Cl)C[C@@]21C. The molecule has 0 N–H and O–H groups in total. The van der Waals surface area contributed by atoms with Gasteiger partial charge in [0.1, 0.15) is 12.4 Å². The van der Waals surface area contributed by atoms with Gasteiger partial charge < -0.3 is 18.9 Å².